The molecule has 2 nitrogen and oxygen atoms in total. The summed E-state index contributed by atoms with van der Waals surface area (Å²) in [6.07, 6.45) is 5.06. The van der Waals surface area contributed by atoms with Crippen LogP contribution in [0, 0.1) is 5.92 Å². The fourth-order valence-corrected chi connectivity index (χ4v) is 2.90. The molecule has 3 aliphatic rings. The number of alkyl halides is 2. The Balaban J connectivity index is 2.04. The molecule has 2 heterocycles. The van der Waals surface area contributed by atoms with Crippen LogP contribution in [-0.2, 0) is 0 Å². The van der Waals surface area contributed by atoms with E-state index in [0.717, 1.165) is 43.7 Å². The van der Waals surface area contributed by atoms with E-state index in [4.69, 9.17) is 0 Å². The van der Waals surface area contributed by atoms with E-state index in [-0.39, 0.29) is 0 Å². The van der Waals surface area contributed by atoms with Gasteiger partial charge in [-0.2, -0.15) is 0 Å². The Morgan fingerprint density at radius 2 is 2.29 bits per heavy atom. The minimum absolute atomic E-state index is 0.678. The first-order valence-corrected chi connectivity index (χ1v) is 6.13. The Labute approximate surface area is 99.7 Å². The first kappa shape index (κ1) is 11.0. The highest BCUT2D eigenvalue weighted by atomic mass is 19.3. The molecule has 1 saturated heterocycles. The Morgan fingerprint density at radius 3 is 3.12 bits per heavy atom. The summed E-state index contributed by atoms with van der Waals surface area (Å²) in [4.78, 5) is 2.12. The van der Waals surface area contributed by atoms with Crippen molar-refractivity contribution in [3.05, 3.63) is 35.2 Å². The van der Waals surface area contributed by atoms with Crippen LogP contribution in [0.25, 0.3) is 0 Å². The maximum absolute atomic E-state index is 13.0. The van der Waals surface area contributed by atoms with E-state index in [2.05, 4.69) is 16.3 Å². The maximum atomic E-state index is 13.0. The van der Waals surface area contributed by atoms with Gasteiger partial charge >= 0.3 is 0 Å². The quantitative estimate of drug-likeness (QED) is 0.754. The Morgan fingerprint density at radius 1 is 1.41 bits per heavy atom. The van der Waals surface area contributed by atoms with Gasteiger partial charge in [-0.15, -0.1) is 0 Å². The van der Waals surface area contributed by atoms with Gasteiger partial charge in [0.2, 0.25) is 6.43 Å². The molecule has 0 aromatic heterocycles. The van der Waals surface area contributed by atoms with E-state index < -0.39 is 12.3 Å². The molecule has 1 fully saturated rings. The molecule has 0 bridgehead atoms. The van der Waals surface area contributed by atoms with Gasteiger partial charge in [0.05, 0.1) is 5.92 Å². The van der Waals surface area contributed by atoms with Crippen molar-refractivity contribution in [3.8, 4) is 0 Å². The number of hydrogen-bond donors (Lipinski definition) is 1. The summed E-state index contributed by atoms with van der Waals surface area (Å²) in [6, 6.07) is 0. The molecule has 0 amide bonds. The predicted octanol–water partition coefficient (Wildman–Crippen LogP) is 2.27. The van der Waals surface area contributed by atoms with Crippen LogP contribution in [0.3, 0.4) is 0 Å². The van der Waals surface area contributed by atoms with Gasteiger partial charge in [0, 0.05) is 31.5 Å². The molecule has 1 N–H and O–H groups in total. The zero-order valence-electron chi connectivity index (χ0n) is 9.63. The van der Waals surface area contributed by atoms with E-state index >= 15 is 0 Å². The van der Waals surface area contributed by atoms with Gasteiger partial charge in [0.15, 0.2) is 0 Å². The molecule has 0 radical (unpaired) electrons. The molecular weight excluding hydrogens is 222 g/mol. The summed E-state index contributed by atoms with van der Waals surface area (Å²) in [5.74, 6) is -0.678. The Hall–Kier alpha value is -1.16. The Kier molecular flexibility index (Phi) is 2.74. The number of allylic oxidation sites excluding steroid dienone is 3. The zero-order valence-corrected chi connectivity index (χ0v) is 9.63. The van der Waals surface area contributed by atoms with Crippen molar-refractivity contribution in [2.24, 2.45) is 5.92 Å². The molecule has 2 aliphatic heterocycles. The second-order valence-corrected chi connectivity index (χ2v) is 4.71. The summed E-state index contributed by atoms with van der Waals surface area (Å²) in [5.41, 5.74) is 3.19. The average Bonchev–Trinajstić information content (AvgIpc) is 2.54. The first-order chi connectivity index (χ1) is 8.27. The molecule has 0 aromatic carbocycles. The van der Waals surface area contributed by atoms with Gasteiger partial charge in [-0.1, -0.05) is 12.2 Å². The number of nitrogens with one attached hydrogen (secondary N) is 1. The van der Waals surface area contributed by atoms with Crippen LogP contribution in [0.15, 0.2) is 35.2 Å². The summed E-state index contributed by atoms with van der Waals surface area (Å²) < 4.78 is 26.1. The van der Waals surface area contributed by atoms with Crippen LogP contribution in [0.2, 0.25) is 0 Å². The highest BCUT2D eigenvalue weighted by Gasteiger charge is 2.33. The smallest absolute Gasteiger partial charge is 0.248 e. The number of halogens is 2. The zero-order chi connectivity index (χ0) is 11.8. The molecule has 0 unspecified atom stereocenters. The lowest BCUT2D eigenvalue weighted by Crippen LogP contribution is -2.30. The maximum Gasteiger partial charge on any atom is 0.248 e. The largest absolute Gasteiger partial charge is 0.347 e. The number of hydrogen-bond acceptors (Lipinski definition) is 2. The predicted molar refractivity (Wildman–Crippen MR) is 62.6 cm³/mol. The van der Waals surface area contributed by atoms with Gasteiger partial charge in [0.1, 0.15) is 0 Å². The topological polar surface area (TPSA) is 15.3 Å². The molecular formula is C13H16F2N2. The SMILES string of the molecule is FC(F)[C@@H]1C=CN2CCNCC3=CCCC1=C32. The molecule has 1 atom stereocenters. The molecule has 92 valence electrons. The molecule has 0 saturated carbocycles. The third kappa shape index (κ3) is 1.80. The monoisotopic (exact) mass is 238 g/mol. The van der Waals surface area contributed by atoms with Crippen molar-refractivity contribution in [2.75, 3.05) is 19.6 Å². The highest BCUT2D eigenvalue weighted by molar-refractivity contribution is 5.44. The third-order valence-corrected chi connectivity index (χ3v) is 3.69. The number of rotatable bonds is 1. The molecule has 0 aromatic rings. The number of nitrogens with zero attached hydrogens (tertiary/aromatic N) is 1. The molecule has 3 rings (SSSR count). The molecule has 1 aliphatic carbocycles. The fourth-order valence-electron chi connectivity index (χ4n) is 2.90. The Bertz CT molecular complexity index is 410. The van der Waals surface area contributed by atoms with Gasteiger partial charge in [-0.05, 0) is 24.0 Å². The van der Waals surface area contributed by atoms with Crippen LogP contribution in [-0.4, -0.2) is 31.0 Å². The summed E-state index contributed by atoms with van der Waals surface area (Å²) in [5, 5.41) is 3.34. The van der Waals surface area contributed by atoms with Crippen LogP contribution >= 0.6 is 0 Å². The van der Waals surface area contributed by atoms with Crippen LogP contribution in [0.4, 0.5) is 8.78 Å². The van der Waals surface area contributed by atoms with Gasteiger partial charge in [0.25, 0.3) is 0 Å². The second-order valence-electron chi connectivity index (χ2n) is 4.71. The van der Waals surface area contributed by atoms with Crippen LogP contribution in [0.5, 0.6) is 0 Å². The third-order valence-electron chi connectivity index (χ3n) is 3.69. The minimum Gasteiger partial charge on any atom is -0.347 e. The van der Waals surface area contributed by atoms with Crippen molar-refractivity contribution in [2.45, 2.75) is 19.3 Å². The summed E-state index contributed by atoms with van der Waals surface area (Å²) in [6.45, 7) is 2.57. The van der Waals surface area contributed by atoms with Crippen molar-refractivity contribution in [3.63, 3.8) is 0 Å². The average molecular weight is 238 g/mol. The molecule has 0 spiro atoms. The second kappa shape index (κ2) is 4.26. The van der Waals surface area contributed by atoms with E-state index in [1.165, 1.54) is 5.57 Å². The van der Waals surface area contributed by atoms with Crippen molar-refractivity contribution < 1.29 is 8.78 Å². The van der Waals surface area contributed by atoms with E-state index in [9.17, 15) is 8.78 Å². The lowest BCUT2D eigenvalue weighted by atomic mass is 9.84. The van der Waals surface area contributed by atoms with Crippen molar-refractivity contribution in [1.82, 2.24) is 10.2 Å². The normalized spacial score (nSPS) is 28.1. The van der Waals surface area contributed by atoms with Crippen molar-refractivity contribution >= 4 is 0 Å². The fraction of sp³-hybridized carbons (Fsp3) is 0.538. The molecule has 17 heavy (non-hydrogen) atoms. The van der Waals surface area contributed by atoms with E-state index in [1.54, 1.807) is 6.08 Å². The highest BCUT2D eigenvalue weighted by Crippen LogP contribution is 2.39. The standard InChI is InChI=1S/C13H16F2N2/c14-13(15)11-4-6-17-7-5-16-8-9-2-1-3-10(11)12(9)17/h2,4,6,11,13,16H,1,3,5,7-8H2/t11-/m1/s1. The van der Waals surface area contributed by atoms with Gasteiger partial charge in [-0.25, -0.2) is 8.78 Å². The minimum atomic E-state index is -2.29. The summed E-state index contributed by atoms with van der Waals surface area (Å²) >= 11 is 0. The van der Waals surface area contributed by atoms with E-state index in [1.807, 2.05) is 6.20 Å². The van der Waals surface area contributed by atoms with E-state index in [0.29, 0.717) is 0 Å². The first-order valence-electron chi connectivity index (χ1n) is 6.13. The lowest BCUT2D eigenvalue weighted by Gasteiger charge is -2.35. The van der Waals surface area contributed by atoms with Crippen LogP contribution < -0.4 is 5.32 Å². The van der Waals surface area contributed by atoms with Crippen molar-refractivity contribution in [1.29, 1.82) is 0 Å². The molecule has 4 heteroatoms. The lowest BCUT2D eigenvalue weighted by molar-refractivity contribution is 0.110. The summed E-state index contributed by atoms with van der Waals surface area (Å²) in [7, 11) is 0. The van der Waals surface area contributed by atoms with Crippen LogP contribution in [0.1, 0.15) is 12.8 Å². The van der Waals surface area contributed by atoms with Gasteiger partial charge < -0.3 is 10.2 Å². The van der Waals surface area contributed by atoms with Gasteiger partial charge in [-0.3, -0.25) is 0 Å².